The number of hydrogen-bond acceptors (Lipinski definition) is 2. The van der Waals surface area contributed by atoms with Crippen LogP contribution in [-0.2, 0) is 9.53 Å². The topological polar surface area (TPSA) is 26.3 Å². The Balaban J connectivity index is 0.000000366. The van der Waals surface area contributed by atoms with Gasteiger partial charge in [0.05, 0.1) is 7.11 Å². The monoisotopic (exact) mass is 240 g/mol. The largest absolute Gasteiger partial charge is 0.466 e. The number of esters is 1. The molecule has 0 radical (unpaired) electrons. The molecule has 17 heavy (non-hydrogen) atoms. The van der Waals surface area contributed by atoms with Crippen LogP contribution in [-0.4, -0.2) is 13.1 Å². The zero-order valence-electron chi connectivity index (χ0n) is 11.5. The summed E-state index contributed by atoms with van der Waals surface area (Å²) in [5.74, 6) is 0.670. The van der Waals surface area contributed by atoms with Gasteiger partial charge in [0.15, 0.2) is 0 Å². The average Bonchev–Trinajstić information content (AvgIpc) is 2.51. The molecule has 0 amide bonds. The number of methoxy groups -OCH3 is 1. The Morgan fingerprint density at radius 3 is 1.94 bits per heavy atom. The van der Waals surface area contributed by atoms with E-state index in [0.29, 0.717) is 0 Å². The van der Waals surface area contributed by atoms with Crippen LogP contribution in [0.3, 0.4) is 0 Å². The van der Waals surface area contributed by atoms with Crippen molar-refractivity contribution in [3.8, 4) is 0 Å². The van der Waals surface area contributed by atoms with Crippen molar-refractivity contribution >= 4 is 5.97 Å². The molecular formula is C15H28O2. The Labute approximate surface area is 106 Å². The second kappa shape index (κ2) is 11.7. The van der Waals surface area contributed by atoms with Gasteiger partial charge in [0.25, 0.3) is 0 Å². The van der Waals surface area contributed by atoms with Gasteiger partial charge in [-0.3, -0.25) is 0 Å². The highest BCUT2D eigenvalue weighted by Gasteiger charge is 2.07. The Morgan fingerprint density at radius 1 is 1.18 bits per heavy atom. The van der Waals surface area contributed by atoms with Gasteiger partial charge in [0.2, 0.25) is 0 Å². The van der Waals surface area contributed by atoms with Gasteiger partial charge < -0.3 is 4.74 Å². The molecule has 2 heteroatoms. The molecule has 1 aliphatic carbocycles. The first-order chi connectivity index (χ1) is 8.24. The van der Waals surface area contributed by atoms with Crippen molar-refractivity contribution in [3.63, 3.8) is 0 Å². The SMILES string of the molecule is C=CC(=O)OC.CCC1CCCCCCCC1. The minimum absolute atomic E-state index is 0.394. The molecule has 0 N–H and O–H groups in total. The summed E-state index contributed by atoms with van der Waals surface area (Å²) in [5.41, 5.74) is 0. The average molecular weight is 240 g/mol. The van der Waals surface area contributed by atoms with E-state index in [-0.39, 0.29) is 0 Å². The molecule has 2 nitrogen and oxygen atoms in total. The van der Waals surface area contributed by atoms with Crippen molar-refractivity contribution < 1.29 is 9.53 Å². The predicted octanol–water partition coefficient (Wildman–Crippen LogP) is 4.49. The van der Waals surface area contributed by atoms with E-state index in [2.05, 4.69) is 18.2 Å². The van der Waals surface area contributed by atoms with E-state index in [1.54, 1.807) is 0 Å². The first-order valence-electron chi connectivity index (χ1n) is 6.95. The summed E-state index contributed by atoms with van der Waals surface area (Å²) in [6, 6.07) is 0. The molecule has 1 rings (SSSR count). The standard InChI is InChI=1S/C11H22.C4H6O2/c1-2-11-9-7-5-3-4-6-8-10-11;1-3-4(5)6-2/h11H,2-10H2,1H3;3H,1H2,2H3. The molecule has 1 aliphatic rings. The second-order valence-corrected chi connectivity index (χ2v) is 4.70. The minimum atomic E-state index is -0.394. The molecule has 0 spiro atoms. The van der Waals surface area contributed by atoms with Crippen LogP contribution in [0.1, 0.15) is 64.7 Å². The molecule has 0 heterocycles. The van der Waals surface area contributed by atoms with Crippen LogP contribution in [0.2, 0.25) is 0 Å². The molecule has 0 bridgehead atoms. The minimum Gasteiger partial charge on any atom is -0.466 e. The van der Waals surface area contributed by atoms with E-state index in [1.165, 1.54) is 64.9 Å². The lowest BCUT2D eigenvalue weighted by Gasteiger charge is -2.11. The molecule has 1 fully saturated rings. The van der Waals surface area contributed by atoms with Crippen molar-refractivity contribution in [1.29, 1.82) is 0 Å². The predicted molar refractivity (Wildman–Crippen MR) is 72.9 cm³/mol. The highest BCUT2D eigenvalue weighted by molar-refractivity contribution is 5.80. The molecule has 0 aromatic rings. The first kappa shape index (κ1) is 16.2. The lowest BCUT2D eigenvalue weighted by atomic mass is 9.95. The van der Waals surface area contributed by atoms with Crippen LogP contribution in [0.25, 0.3) is 0 Å². The molecule has 0 aromatic heterocycles. The molecule has 0 saturated heterocycles. The third kappa shape index (κ3) is 10.1. The molecule has 0 atom stereocenters. The number of ether oxygens (including phenoxy) is 1. The summed E-state index contributed by atoms with van der Waals surface area (Å²) >= 11 is 0. The summed E-state index contributed by atoms with van der Waals surface area (Å²) in [5, 5.41) is 0. The van der Waals surface area contributed by atoms with Gasteiger partial charge in [-0.2, -0.15) is 0 Å². The van der Waals surface area contributed by atoms with Crippen molar-refractivity contribution in [2.24, 2.45) is 5.92 Å². The summed E-state index contributed by atoms with van der Waals surface area (Å²) in [6.07, 6.45) is 14.5. The summed E-state index contributed by atoms with van der Waals surface area (Å²) in [6.45, 7) is 5.51. The summed E-state index contributed by atoms with van der Waals surface area (Å²) in [4.78, 5) is 9.84. The summed E-state index contributed by atoms with van der Waals surface area (Å²) in [7, 11) is 1.31. The molecule has 0 aliphatic heterocycles. The van der Waals surface area contributed by atoms with Gasteiger partial charge in [-0.25, -0.2) is 4.79 Å². The maximum atomic E-state index is 9.84. The Kier molecular flexibility index (Phi) is 11.1. The van der Waals surface area contributed by atoms with E-state index in [9.17, 15) is 4.79 Å². The van der Waals surface area contributed by atoms with Crippen molar-refractivity contribution in [3.05, 3.63) is 12.7 Å². The molecular weight excluding hydrogens is 212 g/mol. The normalized spacial score (nSPS) is 17.8. The van der Waals surface area contributed by atoms with Crippen LogP contribution < -0.4 is 0 Å². The van der Waals surface area contributed by atoms with Crippen molar-refractivity contribution in [1.82, 2.24) is 0 Å². The van der Waals surface area contributed by atoms with Crippen LogP contribution in [0.4, 0.5) is 0 Å². The molecule has 0 aromatic carbocycles. The third-order valence-corrected chi connectivity index (χ3v) is 3.42. The zero-order chi connectivity index (χ0) is 12.9. The van der Waals surface area contributed by atoms with E-state index in [0.717, 1.165) is 12.0 Å². The van der Waals surface area contributed by atoms with Crippen LogP contribution >= 0.6 is 0 Å². The number of rotatable bonds is 2. The van der Waals surface area contributed by atoms with Gasteiger partial charge in [-0.15, -0.1) is 0 Å². The Bertz CT molecular complexity index is 189. The van der Waals surface area contributed by atoms with Crippen LogP contribution in [0.5, 0.6) is 0 Å². The molecule has 1 saturated carbocycles. The fraction of sp³-hybridized carbons (Fsp3) is 0.800. The first-order valence-corrected chi connectivity index (χ1v) is 6.95. The highest BCUT2D eigenvalue weighted by Crippen LogP contribution is 2.23. The molecule has 0 unspecified atom stereocenters. The van der Waals surface area contributed by atoms with E-state index >= 15 is 0 Å². The summed E-state index contributed by atoms with van der Waals surface area (Å²) < 4.78 is 4.14. The lowest BCUT2D eigenvalue weighted by molar-refractivity contribution is -0.134. The van der Waals surface area contributed by atoms with E-state index in [1.807, 2.05) is 0 Å². The van der Waals surface area contributed by atoms with Crippen molar-refractivity contribution in [2.75, 3.05) is 7.11 Å². The second-order valence-electron chi connectivity index (χ2n) is 4.70. The van der Waals surface area contributed by atoms with Gasteiger partial charge in [0, 0.05) is 6.08 Å². The number of carbonyl (C=O) groups excluding carboxylic acids is 1. The number of carbonyl (C=O) groups is 1. The number of hydrogen-bond donors (Lipinski definition) is 0. The Hall–Kier alpha value is -0.790. The quantitative estimate of drug-likeness (QED) is 0.525. The maximum Gasteiger partial charge on any atom is 0.329 e. The fourth-order valence-corrected chi connectivity index (χ4v) is 2.21. The van der Waals surface area contributed by atoms with Gasteiger partial charge >= 0.3 is 5.97 Å². The third-order valence-electron chi connectivity index (χ3n) is 3.42. The van der Waals surface area contributed by atoms with Gasteiger partial charge in [-0.05, 0) is 5.92 Å². The lowest BCUT2D eigenvalue weighted by Crippen LogP contribution is -1.97. The smallest absolute Gasteiger partial charge is 0.329 e. The van der Waals surface area contributed by atoms with Gasteiger partial charge in [-0.1, -0.05) is 71.3 Å². The fourth-order valence-electron chi connectivity index (χ4n) is 2.21. The van der Waals surface area contributed by atoms with Gasteiger partial charge in [0.1, 0.15) is 0 Å². The van der Waals surface area contributed by atoms with E-state index < -0.39 is 5.97 Å². The van der Waals surface area contributed by atoms with Crippen molar-refractivity contribution in [2.45, 2.75) is 64.7 Å². The van der Waals surface area contributed by atoms with E-state index in [4.69, 9.17) is 0 Å². The zero-order valence-corrected chi connectivity index (χ0v) is 11.5. The maximum absolute atomic E-state index is 9.84. The van der Waals surface area contributed by atoms with Crippen LogP contribution in [0, 0.1) is 5.92 Å². The molecule has 100 valence electrons. The van der Waals surface area contributed by atoms with Crippen LogP contribution in [0.15, 0.2) is 12.7 Å². The highest BCUT2D eigenvalue weighted by atomic mass is 16.5. The Morgan fingerprint density at radius 2 is 1.65 bits per heavy atom.